The van der Waals surface area contributed by atoms with Crippen molar-refractivity contribution in [3.05, 3.63) is 74.6 Å². The minimum absolute atomic E-state index is 0.258. The summed E-state index contributed by atoms with van der Waals surface area (Å²) >= 11 is 3.36. The zero-order valence-electron chi connectivity index (χ0n) is 14.6. The highest BCUT2D eigenvalue weighted by atomic mass is 79.9. The number of nitrogens with zero attached hydrogens (tertiary/aromatic N) is 2. The second-order valence-electron chi connectivity index (χ2n) is 5.74. The third-order valence-corrected chi connectivity index (χ3v) is 4.83. The number of amides is 1. The van der Waals surface area contributed by atoms with Crippen LogP contribution in [-0.4, -0.2) is 22.4 Å². The summed E-state index contributed by atoms with van der Waals surface area (Å²) in [5.74, 6) is 0.267. The van der Waals surface area contributed by atoms with Gasteiger partial charge >= 0.3 is 0 Å². The molecule has 1 heterocycles. The van der Waals surface area contributed by atoms with Crippen LogP contribution in [0.1, 0.15) is 16.1 Å². The Hall–Kier alpha value is -2.80. The average Bonchev–Trinajstić information content (AvgIpc) is 2.85. The highest BCUT2D eigenvalue weighted by molar-refractivity contribution is 9.10. The summed E-state index contributed by atoms with van der Waals surface area (Å²) in [6, 6.07) is 14.3. The van der Waals surface area contributed by atoms with Crippen molar-refractivity contribution in [3.8, 4) is 11.4 Å². The summed E-state index contributed by atoms with van der Waals surface area (Å²) in [5, 5.41) is 2.74. The number of hydrogen-bond acceptors (Lipinski definition) is 3. The van der Waals surface area contributed by atoms with Crippen molar-refractivity contribution in [2.24, 2.45) is 7.05 Å². The molecule has 0 fully saturated rings. The highest BCUT2D eigenvalue weighted by Gasteiger charge is 2.19. The SMILES string of the molecule is COc1ccc(C(=O)Nc2c(C)n(C)n(-c3ccccc3)c2=O)cc1Br. The number of para-hydroxylation sites is 1. The monoisotopic (exact) mass is 415 g/mol. The molecule has 0 spiro atoms. The second-order valence-corrected chi connectivity index (χ2v) is 6.59. The van der Waals surface area contributed by atoms with Gasteiger partial charge in [-0.1, -0.05) is 18.2 Å². The maximum Gasteiger partial charge on any atom is 0.295 e. The molecule has 2 aromatic carbocycles. The molecule has 1 aromatic heterocycles. The van der Waals surface area contributed by atoms with Crippen LogP contribution in [0.3, 0.4) is 0 Å². The van der Waals surface area contributed by atoms with E-state index in [2.05, 4.69) is 21.2 Å². The van der Waals surface area contributed by atoms with Gasteiger partial charge in [-0.3, -0.25) is 14.3 Å². The number of rotatable bonds is 4. The molecule has 0 aliphatic heterocycles. The quantitative estimate of drug-likeness (QED) is 0.708. The van der Waals surface area contributed by atoms with Gasteiger partial charge in [0, 0.05) is 12.6 Å². The fourth-order valence-electron chi connectivity index (χ4n) is 2.71. The van der Waals surface area contributed by atoms with Gasteiger partial charge in [0.05, 0.1) is 23.0 Å². The first-order chi connectivity index (χ1) is 12.4. The van der Waals surface area contributed by atoms with Crippen LogP contribution in [0, 0.1) is 6.92 Å². The Balaban J connectivity index is 1.97. The molecule has 0 saturated carbocycles. The Morgan fingerprint density at radius 3 is 2.46 bits per heavy atom. The minimum Gasteiger partial charge on any atom is -0.496 e. The molecule has 134 valence electrons. The molecule has 0 saturated heterocycles. The third-order valence-electron chi connectivity index (χ3n) is 4.21. The van der Waals surface area contributed by atoms with Gasteiger partial charge in [0.1, 0.15) is 11.4 Å². The molecule has 26 heavy (non-hydrogen) atoms. The van der Waals surface area contributed by atoms with Crippen molar-refractivity contribution in [2.75, 3.05) is 12.4 Å². The van der Waals surface area contributed by atoms with Gasteiger partial charge in [-0.25, -0.2) is 4.68 Å². The Bertz CT molecular complexity index is 1020. The first-order valence-electron chi connectivity index (χ1n) is 7.93. The maximum absolute atomic E-state index is 12.8. The van der Waals surface area contributed by atoms with E-state index < -0.39 is 0 Å². The smallest absolute Gasteiger partial charge is 0.295 e. The topological polar surface area (TPSA) is 65.3 Å². The molecular formula is C19H18BrN3O3. The molecule has 0 aliphatic carbocycles. The Morgan fingerprint density at radius 2 is 1.85 bits per heavy atom. The van der Waals surface area contributed by atoms with Crippen LogP contribution >= 0.6 is 15.9 Å². The number of carbonyl (C=O) groups excluding carboxylic acids is 1. The summed E-state index contributed by atoms with van der Waals surface area (Å²) in [6.45, 7) is 1.79. The van der Waals surface area contributed by atoms with Crippen LogP contribution in [0.5, 0.6) is 5.75 Å². The van der Waals surface area contributed by atoms with Crippen molar-refractivity contribution in [3.63, 3.8) is 0 Å². The van der Waals surface area contributed by atoms with Gasteiger partial charge in [0.15, 0.2) is 0 Å². The van der Waals surface area contributed by atoms with E-state index in [9.17, 15) is 9.59 Å². The van der Waals surface area contributed by atoms with E-state index in [1.54, 1.807) is 44.0 Å². The molecule has 3 aromatic rings. The maximum atomic E-state index is 12.8. The predicted molar refractivity (Wildman–Crippen MR) is 104 cm³/mol. The van der Waals surface area contributed by atoms with Crippen molar-refractivity contribution < 1.29 is 9.53 Å². The lowest BCUT2D eigenvalue weighted by Gasteiger charge is -2.07. The molecule has 0 bridgehead atoms. The molecule has 7 heteroatoms. The van der Waals surface area contributed by atoms with Gasteiger partial charge in [0.25, 0.3) is 11.5 Å². The van der Waals surface area contributed by atoms with E-state index in [1.807, 2.05) is 30.3 Å². The molecule has 1 amide bonds. The highest BCUT2D eigenvalue weighted by Crippen LogP contribution is 2.26. The molecule has 6 nitrogen and oxygen atoms in total. The van der Waals surface area contributed by atoms with Crippen molar-refractivity contribution >= 4 is 27.5 Å². The van der Waals surface area contributed by atoms with Crippen LogP contribution in [0.15, 0.2) is 57.8 Å². The van der Waals surface area contributed by atoms with Crippen molar-refractivity contribution in [1.82, 2.24) is 9.36 Å². The van der Waals surface area contributed by atoms with Crippen LogP contribution < -0.4 is 15.6 Å². The van der Waals surface area contributed by atoms with Crippen molar-refractivity contribution in [1.29, 1.82) is 0 Å². The zero-order valence-corrected chi connectivity index (χ0v) is 16.2. The fourth-order valence-corrected chi connectivity index (χ4v) is 3.25. The van der Waals surface area contributed by atoms with Crippen LogP contribution in [-0.2, 0) is 7.05 Å². The lowest BCUT2D eigenvalue weighted by Crippen LogP contribution is -2.23. The molecule has 0 unspecified atom stereocenters. The van der Waals surface area contributed by atoms with Gasteiger partial charge in [-0.2, -0.15) is 0 Å². The third kappa shape index (κ3) is 3.17. The number of anilines is 1. The number of ether oxygens (including phenoxy) is 1. The number of halogens is 1. The molecule has 0 radical (unpaired) electrons. The molecule has 0 aliphatic rings. The lowest BCUT2D eigenvalue weighted by molar-refractivity contribution is 0.102. The van der Waals surface area contributed by atoms with Gasteiger partial charge < -0.3 is 10.1 Å². The Labute approximate surface area is 159 Å². The van der Waals surface area contributed by atoms with Gasteiger partial charge in [-0.05, 0) is 53.2 Å². The number of hydrogen-bond donors (Lipinski definition) is 1. The number of nitrogens with one attached hydrogen (secondary N) is 1. The lowest BCUT2D eigenvalue weighted by atomic mass is 10.2. The Morgan fingerprint density at radius 1 is 1.15 bits per heavy atom. The fraction of sp³-hybridized carbons (Fsp3) is 0.158. The normalized spacial score (nSPS) is 10.6. The van der Waals surface area contributed by atoms with Crippen LogP contribution in [0.2, 0.25) is 0 Å². The van der Waals surface area contributed by atoms with Crippen LogP contribution in [0.25, 0.3) is 5.69 Å². The summed E-state index contributed by atoms with van der Waals surface area (Å²) in [6.07, 6.45) is 0. The Kier molecular flexibility index (Phi) is 4.99. The van der Waals surface area contributed by atoms with E-state index >= 15 is 0 Å². The summed E-state index contributed by atoms with van der Waals surface area (Å²) in [5.41, 5.74) is 1.80. The molecule has 0 atom stereocenters. The van der Waals surface area contributed by atoms with E-state index in [4.69, 9.17) is 4.74 Å². The van der Waals surface area contributed by atoms with E-state index in [-0.39, 0.29) is 17.2 Å². The molecule has 1 N–H and O–H groups in total. The van der Waals surface area contributed by atoms with Gasteiger partial charge in [0.2, 0.25) is 0 Å². The van der Waals surface area contributed by atoms with E-state index in [1.165, 1.54) is 4.68 Å². The summed E-state index contributed by atoms with van der Waals surface area (Å²) < 4.78 is 9.08. The first-order valence-corrected chi connectivity index (χ1v) is 8.72. The van der Waals surface area contributed by atoms with Crippen LogP contribution in [0.4, 0.5) is 5.69 Å². The zero-order chi connectivity index (χ0) is 18.8. The summed E-state index contributed by atoms with van der Waals surface area (Å²) in [7, 11) is 3.34. The predicted octanol–water partition coefficient (Wildman–Crippen LogP) is 3.51. The standard InChI is InChI=1S/C19H18BrN3O3/c1-12-17(19(25)23(22(12)2)14-7-5-4-6-8-14)21-18(24)13-9-10-16(26-3)15(20)11-13/h4-11H,1-3H3,(H,21,24). The largest absolute Gasteiger partial charge is 0.496 e. The summed E-state index contributed by atoms with van der Waals surface area (Å²) in [4.78, 5) is 25.4. The number of methoxy groups -OCH3 is 1. The van der Waals surface area contributed by atoms with E-state index in [0.29, 0.717) is 21.5 Å². The molecular weight excluding hydrogens is 398 g/mol. The first kappa shape index (κ1) is 18.0. The second kappa shape index (κ2) is 7.21. The minimum atomic E-state index is -0.362. The van der Waals surface area contributed by atoms with Gasteiger partial charge in [-0.15, -0.1) is 0 Å². The number of aromatic nitrogens is 2. The van der Waals surface area contributed by atoms with E-state index in [0.717, 1.165) is 5.69 Å². The number of benzene rings is 2. The molecule has 3 rings (SSSR count). The number of carbonyl (C=O) groups is 1. The van der Waals surface area contributed by atoms with Crippen molar-refractivity contribution in [2.45, 2.75) is 6.92 Å². The average molecular weight is 416 g/mol.